The minimum atomic E-state index is -5.13. The number of carbonyl (C=O) groups excluding carboxylic acids is 2. The van der Waals surface area contributed by atoms with Crippen LogP contribution in [-0.4, -0.2) is 132 Å². The standard InChI is InChI=1S/C30H39FN10O17P2/c1-13(2)53-29(43)47-11-51-59(45)49-5-15-20(42)22(28(55-15)41-10-39-19-24(33)35-8-37-26(19)41)58-60(46,52-12-48-30(44)54-14(3)4)50-6-16-21(57-59)17(31)27(56-16)40-9-38-18-23(32)34-7-36-25(18)40/h7-10,13-17,20-22,27-28,42H,5-6,11-12H2,1-4H3,(H2,32,34,36)(H2,33,35,37)/t15-,16-,17?,20?,21?,22?,27-,28-,59?,60?/m1/s1. The second-order valence-electron chi connectivity index (χ2n) is 13.5. The van der Waals surface area contributed by atoms with Gasteiger partial charge in [-0.3, -0.25) is 27.2 Å². The molecular formula is C30H39FN10O17P2. The number of nitrogen functional groups attached to an aromatic ring is 2. The first-order valence-electron chi connectivity index (χ1n) is 17.9. The third-order valence-corrected chi connectivity index (χ3v) is 11.4. The lowest BCUT2D eigenvalue weighted by atomic mass is 10.1. The van der Waals surface area contributed by atoms with E-state index in [0.29, 0.717) is 0 Å². The first kappa shape index (κ1) is 43.4. The molecule has 10 atom stereocenters. The van der Waals surface area contributed by atoms with Gasteiger partial charge in [0.05, 0.1) is 38.1 Å². The van der Waals surface area contributed by atoms with E-state index in [9.17, 15) is 23.8 Å². The Morgan fingerprint density at radius 3 is 1.75 bits per heavy atom. The number of hydrogen-bond acceptors (Lipinski definition) is 25. The molecule has 27 nitrogen and oxygen atoms in total. The smallest absolute Gasteiger partial charge is 0.432 e. The molecule has 3 aliphatic heterocycles. The number of nitrogens with two attached hydrogens (primary N) is 2. The molecule has 4 aromatic rings. The van der Waals surface area contributed by atoms with E-state index in [1.807, 2.05) is 0 Å². The van der Waals surface area contributed by atoms with Gasteiger partial charge in [0.25, 0.3) is 0 Å². The van der Waals surface area contributed by atoms with Gasteiger partial charge in [-0.1, -0.05) is 0 Å². The summed E-state index contributed by atoms with van der Waals surface area (Å²) in [6.45, 7) is 2.16. The Hall–Kier alpha value is -4.73. The largest absolute Gasteiger partial charge is 0.510 e. The maximum Gasteiger partial charge on any atom is 0.510 e. The van der Waals surface area contributed by atoms with Gasteiger partial charge in [-0.25, -0.2) is 62.1 Å². The van der Waals surface area contributed by atoms with Crippen LogP contribution in [0.3, 0.4) is 0 Å². The minimum Gasteiger partial charge on any atom is -0.432 e. The molecule has 60 heavy (non-hydrogen) atoms. The Balaban J connectivity index is 1.25. The summed E-state index contributed by atoms with van der Waals surface area (Å²) in [5.41, 5.74) is 12.2. The van der Waals surface area contributed by atoms with Crippen molar-refractivity contribution < 1.29 is 83.8 Å². The Bertz CT molecular complexity index is 2290. The molecule has 0 aromatic carbocycles. The van der Waals surface area contributed by atoms with Crippen molar-refractivity contribution in [2.75, 3.05) is 38.3 Å². The summed E-state index contributed by atoms with van der Waals surface area (Å²) in [4.78, 5) is 48.7. The third-order valence-electron chi connectivity index (χ3n) is 8.64. The number of carbonyl (C=O) groups is 2. The van der Waals surface area contributed by atoms with Crippen LogP contribution in [0.15, 0.2) is 25.3 Å². The van der Waals surface area contributed by atoms with Crippen molar-refractivity contribution >= 4 is 61.9 Å². The fraction of sp³-hybridized carbons (Fsp3) is 0.600. The molecule has 6 unspecified atom stereocenters. The number of rotatable bonds is 10. The van der Waals surface area contributed by atoms with Crippen molar-refractivity contribution in [1.82, 2.24) is 39.0 Å². The van der Waals surface area contributed by atoms with E-state index < -0.39 is 116 Å². The van der Waals surface area contributed by atoms with E-state index >= 15 is 4.39 Å². The Morgan fingerprint density at radius 2 is 1.23 bits per heavy atom. The lowest BCUT2D eigenvalue weighted by Gasteiger charge is -2.28. The molecule has 0 aliphatic carbocycles. The van der Waals surface area contributed by atoms with Crippen LogP contribution in [-0.2, 0) is 64.7 Å². The van der Waals surface area contributed by atoms with Crippen molar-refractivity contribution in [3.05, 3.63) is 25.3 Å². The molecule has 2 bridgehead atoms. The van der Waals surface area contributed by atoms with Crippen LogP contribution in [0, 0.1) is 0 Å². The zero-order chi connectivity index (χ0) is 42.9. The van der Waals surface area contributed by atoms with Crippen LogP contribution >= 0.6 is 15.6 Å². The molecule has 328 valence electrons. The summed E-state index contributed by atoms with van der Waals surface area (Å²) in [5.74, 6) is -0.0623. The number of imidazole rings is 2. The molecule has 3 aliphatic rings. The lowest BCUT2D eigenvalue weighted by molar-refractivity contribution is -0.0815. The topological polar surface area (TPSA) is 339 Å². The van der Waals surface area contributed by atoms with Crippen molar-refractivity contribution in [1.29, 1.82) is 0 Å². The number of phosphoric acid groups is 2. The first-order valence-corrected chi connectivity index (χ1v) is 20.8. The zero-order valence-corrected chi connectivity index (χ0v) is 33.7. The number of phosphoric ester groups is 2. The fourth-order valence-electron chi connectivity index (χ4n) is 6.04. The summed E-state index contributed by atoms with van der Waals surface area (Å²) in [5, 5.41) is 11.6. The molecule has 7 heterocycles. The number of hydrogen-bond donors (Lipinski definition) is 3. The maximum absolute atomic E-state index is 16.8. The summed E-state index contributed by atoms with van der Waals surface area (Å²) in [7, 11) is -10.3. The Labute approximate surface area is 337 Å². The molecule has 0 spiro atoms. The van der Waals surface area contributed by atoms with E-state index in [1.165, 1.54) is 10.9 Å². The predicted molar refractivity (Wildman–Crippen MR) is 192 cm³/mol. The van der Waals surface area contributed by atoms with Gasteiger partial charge in [0.15, 0.2) is 41.6 Å². The average Bonchev–Trinajstić information content (AvgIpc) is 3.94. The van der Waals surface area contributed by atoms with E-state index in [0.717, 1.165) is 23.5 Å². The van der Waals surface area contributed by atoms with Gasteiger partial charge in [0.2, 0.25) is 13.6 Å². The molecule has 4 aromatic heterocycles. The molecule has 5 N–H and O–H groups in total. The predicted octanol–water partition coefficient (Wildman–Crippen LogP) is 2.43. The van der Waals surface area contributed by atoms with Crippen LogP contribution in [0.4, 0.5) is 25.6 Å². The zero-order valence-electron chi connectivity index (χ0n) is 31.9. The van der Waals surface area contributed by atoms with E-state index in [4.69, 9.17) is 67.0 Å². The van der Waals surface area contributed by atoms with Gasteiger partial charge in [-0.2, -0.15) is 0 Å². The average molecular weight is 893 g/mol. The maximum atomic E-state index is 16.8. The number of anilines is 2. The van der Waals surface area contributed by atoms with Gasteiger partial charge in [-0.15, -0.1) is 0 Å². The van der Waals surface area contributed by atoms with Crippen LogP contribution < -0.4 is 11.5 Å². The van der Waals surface area contributed by atoms with Gasteiger partial charge in [-0.05, 0) is 27.7 Å². The van der Waals surface area contributed by atoms with Crippen molar-refractivity contribution in [3.63, 3.8) is 0 Å². The first-order chi connectivity index (χ1) is 28.5. The Kier molecular flexibility index (Phi) is 12.8. The molecule has 30 heteroatoms. The molecule has 3 saturated heterocycles. The third kappa shape index (κ3) is 9.27. The summed E-state index contributed by atoms with van der Waals surface area (Å²) >= 11 is 0. The monoisotopic (exact) mass is 892 g/mol. The molecular weight excluding hydrogens is 853 g/mol. The highest BCUT2D eigenvalue weighted by molar-refractivity contribution is 7.48. The van der Waals surface area contributed by atoms with Crippen LogP contribution in [0.1, 0.15) is 40.2 Å². The summed E-state index contributed by atoms with van der Waals surface area (Å²) in [6, 6.07) is 0. The highest BCUT2D eigenvalue weighted by Gasteiger charge is 2.55. The number of aromatic nitrogens is 8. The number of alkyl halides is 1. The normalized spacial score (nSPS) is 31.1. The van der Waals surface area contributed by atoms with Crippen LogP contribution in [0.5, 0.6) is 0 Å². The Morgan fingerprint density at radius 1 is 0.767 bits per heavy atom. The SMILES string of the molecule is CC(C)OC(=O)OCOP1(=O)OC[C@H]2O[C@@H](n3cnc4c(N)ncnc43)C(F)C2OP(=O)(OCOC(=O)OC(C)C)OC[C@H]2O[C@@H](n3cnc4c(N)ncnc43)C(O1)C2O. The fourth-order valence-corrected chi connectivity index (χ4v) is 8.53. The van der Waals surface area contributed by atoms with Crippen LogP contribution in [0.2, 0.25) is 0 Å². The number of ether oxygens (including phenoxy) is 6. The van der Waals surface area contributed by atoms with Gasteiger partial charge >= 0.3 is 28.0 Å². The highest BCUT2D eigenvalue weighted by Crippen LogP contribution is 2.58. The second-order valence-corrected chi connectivity index (χ2v) is 16.7. The molecule has 0 saturated carbocycles. The van der Waals surface area contributed by atoms with E-state index in [-0.39, 0.29) is 34.0 Å². The number of nitrogens with zero attached hydrogens (tertiary/aromatic N) is 8. The quantitative estimate of drug-likeness (QED) is 0.117. The number of aliphatic hydroxyl groups is 1. The van der Waals surface area contributed by atoms with Gasteiger partial charge in [0.1, 0.15) is 54.2 Å². The van der Waals surface area contributed by atoms with E-state index in [1.54, 1.807) is 27.7 Å². The number of fused-ring (bicyclic) bond motifs is 5. The summed E-state index contributed by atoms with van der Waals surface area (Å²) < 4.78 is 113. The lowest BCUT2D eigenvalue weighted by Crippen LogP contribution is -2.35. The number of aliphatic hydroxyl groups excluding tert-OH is 1. The molecule has 0 amide bonds. The minimum absolute atomic E-state index is 0.0215. The summed E-state index contributed by atoms with van der Waals surface area (Å²) in [6.07, 6.45) is -13.4. The van der Waals surface area contributed by atoms with E-state index in [2.05, 4.69) is 29.9 Å². The molecule has 7 rings (SSSR count). The number of halogens is 1. The van der Waals surface area contributed by atoms with Crippen molar-refractivity contribution in [3.8, 4) is 0 Å². The van der Waals surface area contributed by atoms with Gasteiger partial charge < -0.3 is 45.0 Å². The highest BCUT2D eigenvalue weighted by atomic mass is 31.2. The molecule has 3 fully saturated rings. The van der Waals surface area contributed by atoms with Gasteiger partial charge in [0, 0.05) is 0 Å². The molecule has 0 radical (unpaired) electrons. The van der Waals surface area contributed by atoms with Crippen molar-refractivity contribution in [2.45, 2.75) is 89.1 Å². The second kappa shape index (κ2) is 17.7. The van der Waals surface area contributed by atoms with Crippen LogP contribution in [0.25, 0.3) is 22.3 Å². The van der Waals surface area contributed by atoms with Crippen molar-refractivity contribution in [2.24, 2.45) is 0 Å².